The van der Waals surface area contributed by atoms with Crippen LogP contribution in [0.5, 0.6) is 0 Å². The Morgan fingerprint density at radius 1 is 0.808 bits per heavy atom. The standard InChI is InChI=1S/2C10H19N3/c1-8(2)5-6-13-7-10(9(3)4)11-12-13;1-8(2)5-6-10-7-13(9(3)4)12-11-10/h2*7-9H,5-6H2,1-4H3. The zero-order chi connectivity index (χ0) is 19.7. The molecule has 0 aromatic carbocycles. The van der Waals surface area contributed by atoms with Crippen LogP contribution in [0.15, 0.2) is 12.4 Å². The maximum Gasteiger partial charge on any atom is 0.0852 e. The van der Waals surface area contributed by atoms with Gasteiger partial charge in [-0.25, -0.2) is 4.68 Å². The van der Waals surface area contributed by atoms with Crippen molar-refractivity contribution in [2.75, 3.05) is 0 Å². The van der Waals surface area contributed by atoms with Crippen molar-refractivity contribution in [1.29, 1.82) is 0 Å². The largest absolute Gasteiger partial charge is 0.252 e. The van der Waals surface area contributed by atoms with Crippen molar-refractivity contribution in [2.24, 2.45) is 11.8 Å². The van der Waals surface area contributed by atoms with Gasteiger partial charge in [0, 0.05) is 25.0 Å². The molecule has 0 atom stereocenters. The number of rotatable bonds is 8. The molecule has 6 nitrogen and oxygen atoms in total. The SMILES string of the molecule is CC(C)CCc1cn(C(C)C)nn1.CC(C)CCn1cc(C(C)C)nn1. The number of aromatic nitrogens is 6. The summed E-state index contributed by atoms with van der Waals surface area (Å²) >= 11 is 0. The minimum absolute atomic E-state index is 0.417. The van der Waals surface area contributed by atoms with E-state index in [1.165, 1.54) is 12.8 Å². The van der Waals surface area contributed by atoms with E-state index in [1.54, 1.807) is 0 Å². The molecule has 2 aromatic heterocycles. The van der Waals surface area contributed by atoms with E-state index in [4.69, 9.17) is 0 Å². The maximum absolute atomic E-state index is 4.12. The van der Waals surface area contributed by atoms with Gasteiger partial charge in [-0.1, -0.05) is 52.0 Å². The van der Waals surface area contributed by atoms with Gasteiger partial charge in [0.1, 0.15) is 0 Å². The first-order valence-electron chi connectivity index (χ1n) is 9.99. The Morgan fingerprint density at radius 2 is 1.46 bits per heavy atom. The van der Waals surface area contributed by atoms with E-state index >= 15 is 0 Å². The van der Waals surface area contributed by atoms with E-state index in [0.717, 1.165) is 36.2 Å². The predicted octanol–water partition coefficient (Wildman–Crippen LogP) is 4.90. The van der Waals surface area contributed by atoms with Gasteiger partial charge in [-0.2, -0.15) is 0 Å². The second-order valence-electron chi connectivity index (χ2n) is 8.46. The van der Waals surface area contributed by atoms with E-state index in [0.29, 0.717) is 12.0 Å². The van der Waals surface area contributed by atoms with Gasteiger partial charge >= 0.3 is 0 Å². The molecule has 0 saturated carbocycles. The van der Waals surface area contributed by atoms with E-state index in [2.05, 4.69) is 76.0 Å². The van der Waals surface area contributed by atoms with Gasteiger partial charge in [-0.05, 0) is 50.9 Å². The normalized spacial score (nSPS) is 11.5. The first-order valence-corrected chi connectivity index (χ1v) is 9.99. The minimum atomic E-state index is 0.417. The summed E-state index contributed by atoms with van der Waals surface area (Å²) < 4.78 is 3.85. The summed E-state index contributed by atoms with van der Waals surface area (Å²) in [6.45, 7) is 18.4. The Morgan fingerprint density at radius 3 is 1.92 bits per heavy atom. The number of hydrogen-bond donors (Lipinski definition) is 0. The molecular formula is C20H38N6. The summed E-state index contributed by atoms with van der Waals surface area (Å²) in [5.41, 5.74) is 2.20. The molecule has 0 amide bonds. The molecule has 26 heavy (non-hydrogen) atoms. The molecule has 2 heterocycles. The van der Waals surface area contributed by atoms with Gasteiger partial charge in [-0.15, -0.1) is 10.2 Å². The zero-order valence-electron chi connectivity index (χ0n) is 18.0. The van der Waals surface area contributed by atoms with Crippen LogP contribution in [0.4, 0.5) is 0 Å². The van der Waals surface area contributed by atoms with Crippen molar-refractivity contribution in [3.05, 3.63) is 23.8 Å². The number of nitrogens with zero attached hydrogens (tertiary/aromatic N) is 6. The van der Waals surface area contributed by atoms with Crippen LogP contribution < -0.4 is 0 Å². The first kappa shape index (κ1) is 22.3. The van der Waals surface area contributed by atoms with Crippen molar-refractivity contribution in [3.8, 4) is 0 Å². The molecule has 0 aliphatic carbocycles. The maximum atomic E-state index is 4.12. The van der Waals surface area contributed by atoms with Crippen LogP contribution in [-0.4, -0.2) is 30.0 Å². The molecular weight excluding hydrogens is 324 g/mol. The van der Waals surface area contributed by atoms with Crippen LogP contribution in [-0.2, 0) is 13.0 Å². The van der Waals surface area contributed by atoms with Crippen LogP contribution in [0.1, 0.15) is 91.6 Å². The van der Waals surface area contributed by atoms with E-state index in [9.17, 15) is 0 Å². The molecule has 0 unspecified atom stereocenters. The highest BCUT2D eigenvalue weighted by Gasteiger charge is 2.05. The Labute approximate surface area is 159 Å². The van der Waals surface area contributed by atoms with Crippen molar-refractivity contribution in [3.63, 3.8) is 0 Å². The van der Waals surface area contributed by atoms with Gasteiger partial charge < -0.3 is 0 Å². The van der Waals surface area contributed by atoms with Crippen molar-refractivity contribution >= 4 is 0 Å². The average Bonchev–Trinajstić information content (AvgIpc) is 3.21. The molecule has 0 spiro atoms. The summed E-state index contributed by atoms with van der Waals surface area (Å²) in [6.07, 6.45) is 7.50. The van der Waals surface area contributed by atoms with E-state index in [1.807, 2.05) is 21.8 Å². The molecule has 0 radical (unpaired) electrons. The van der Waals surface area contributed by atoms with E-state index < -0.39 is 0 Å². The zero-order valence-corrected chi connectivity index (χ0v) is 18.0. The average molecular weight is 363 g/mol. The second kappa shape index (κ2) is 11.1. The summed E-state index contributed by atoms with van der Waals surface area (Å²) in [5.74, 6) is 1.95. The Bertz CT molecular complexity index is 555. The topological polar surface area (TPSA) is 61.4 Å². The number of hydrogen-bond acceptors (Lipinski definition) is 4. The lowest BCUT2D eigenvalue weighted by molar-refractivity contribution is 0.478. The van der Waals surface area contributed by atoms with Crippen LogP contribution in [0, 0.1) is 11.8 Å². The van der Waals surface area contributed by atoms with Crippen molar-refractivity contribution < 1.29 is 0 Å². The summed E-state index contributed by atoms with van der Waals surface area (Å²) in [4.78, 5) is 0. The monoisotopic (exact) mass is 362 g/mol. The molecule has 0 fully saturated rings. The van der Waals surface area contributed by atoms with Crippen LogP contribution in [0.3, 0.4) is 0 Å². The fourth-order valence-electron chi connectivity index (χ4n) is 2.19. The third-order valence-corrected chi connectivity index (χ3v) is 4.15. The Kier molecular flexibility index (Phi) is 9.52. The highest BCUT2D eigenvalue weighted by atomic mass is 15.4. The third-order valence-electron chi connectivity index (χ3n) is 4.15. The van der Waals surface area contributed by atoms with Gasteiger partial charge in [0.05, 0.1) is 11.4 Å². The second-order valence-corrected chi connectivity index (χ2v) is 8.46. The fourth-order valence-corrected chi connectivity index (χ4v) is 2.19. The van der Waals surface area contributed by atoms with Crippen LogP contribution in [0.25, 0.3) is 0 Å². The van der Waals surface area contributed by atoms with Crippen LogP contribution in [0.2, 0.25) is 0 Å². The highest BCUT2D eigenvalue weighted by Crippen LogP contribution is 2.10. The molecule has 0 bridgehead atoms. The smallest absolute Gasteiger partial charge is 0.0852 e. The van der Waals surface area contributed by atoms with Crippen molar-refractivity contribution in [2.45, 2.75) is 93.2 Å². The lowest BCUT2D eigenvalue weighted by atomic mass is 10.1. The first-order chi connectivity index (χ1) is 12.2. The quantitative estimate of drug-likeness (QED) is 0.670. The predicted molar refractivity (Wildman–Crippen MR) is 107 cm³/mol. The lowest BCUT2D eigenvalue weighted by Gasteiger charge is -2.02. The van der Waals surface area contributed by atoms with E-state index in [-0.39, 0.29) is 0 Å². The molecule has 0 N–H and O–H groups in total. The van der Waals surface area contributed by atoms with Crippen LogP contribution >= 0.6 is 0 Å². The molecule has 2 rings (SSSR count). The number of aryl methyl sites for hydroxylation is 2. The summed E-state index contributed by atoms with van der Waals surface area (Å²) in [6, 6.07) is 0.417. The Hall–Kier alpha value is -1.72. The van der Waals surface area contributed by atoms with Crippen molar-refractivity contribution in [1.82, 2.24) is 30.0 Å². The van der Waals surface area contributed by atoms with Gasteiger partial charge in [0.15, 0.2) is 0 Å². The third kappa shape index (κ3) is 8.59. The molecule has 148 valence electrons. The fraction of sp³-hybridized carbons (Fsp3) is 0.800. The highest BCUT2D eigenvalue weighted by molar-refractivity contribution is 4.98. The van der Waals surface area contributed by atoms with Gasteiger partial charge in [0.2, 0.25) is 0 Å². The Balaban J connectivity index is 0.000000260. The molecule has 0 aliphatic heterocycles. The summed E-state index contributed by atoms with van der Waals surface area (Å²) in [7, 11) is 0. The van der Waals surface area contributed by atoms with Gasteiger partial charge in [0.25, 0.3) is 0 Å². The molecule has 0 saturated heterocycles. The molecule has 6 heteroatoms. The minimum Gasteiger partial charge on any atom is -0.252 e. The van der Waals surface area contributed by atoms with Gasteiger partial charge in [-0.3, -0.25) is 4.68 Å². The summed E-state index contributed by atoms with van der Waals surface area (Å²) in [5, 5.41) is 16.4. The molecule has 0 aliphatic rings. The molecule has 2 aromatic rings. The lowest BCUT2D eigenvalue weighted by Crippen LogP contribution is -2.01.